The number of pyridine rings is 1. The molecule has 1 heterocycles. The van der Waals surface area contributed by atoms with Crippen LogP contribution in [0.25, 0.3) is 0 Å². The van der Waals surface area contributed by atoms with Crippen molar-refractivity contribution in [2.24, 2.45) is 0 Å². The van der Waals surface area contributed by atoms with Crippen molar-refractivity contribution in [3.8, 4) is 0 Å². The summed E-state index contributed by atoms with van der Waals surface area (Å²) < 4.78 is 0.874. The van der Waals surface area contributed by atoms with E-state index in [1.54, 1.807) is 6.20 Å². The number of halogens is 1. The quantitative estimate of drug-likeness (QED) is 0.721. The molecule has 2 aromatic rings. The number of hydrogen-bond acceptors (Lipinski definition) is 3. The highest BCUT2D eigenvalue weighted by Gasteiger charge is 2.12. The average molecular weight is 390 g/mol. The maximum atomic E-state index is 12.6. The molecule has 0 aliphatic carbocycles. The number of carbonyl (C=O) groups is 1. The first-order chi connectivity index (χ1) is 11.5. The molecule has 2 rings (SSSR count). The molecule has 0 aliphatic heterocycles. The second-order valence-electron chi connectivity index (χ2n) is 5.86. The van der Waals surface area contributed by atoms with Crippen molar-refractivity contribution in [1.82, 2.24) is 4.98 Å². The summed E-state index contributed by atoms with van der Waals surface area (Å²) in [4.78, 5) is 19.1. The zero-order valence-corrected chi connectivity index (χ0v) is 16.1. The van der Waals surface area contributed by atoms with Gasteiger partial charge in [-0.1, -0.05) is 19.9 Å². The molecule has 0 unspecified atom stereocenters. The fourth-order valence-corrected chi connectivity index (χ4v) is 3.14. The summed E-state index contributed by atoms with van der Waals surface area (Å²) in [6.07, 6.45) is 5.56. The van der Waals surface area contributed by atoms with Crippen LogP contribution in [0.2, 0.25) is 0 Å². The number of rotatable bonds is 7. The van der Waals surface area contributed by atoms with Crippen molar-refractivity contribution in [2.75, 3.05) is 23.3 Å². The lowest BCUT2D eigenvalue weighted by molar-refractivity contribution is 0.102. The van der Waals surface area contributed by atoms with Crippen LogP contribution in [0.1, 0.15) is 42.6 Å². The Morgan fingerprint density at radius 2 is 1.88 bits per heavy atom. The minimum absolute atomic E-state index is 0.151. The Hall–Kier alpha value is -1.88. The van der Waals surface area contributed by atoms with Gasteiger partial charge in [0.15, 0.2) is 0 Å². The van der Waals surface area contributed by atoms with Gasteiger partial charge < -0.3 is 10.2 Å². The van der Waals surface area contributed by atoms with Crippen LogP contribution < -0.4 is 10.2 Å². The Morgan fingerprint density at radius 1 is 1.17 bits per heavy atom. The minimum atomic E-state index is -0.151. The van der Waals surface area contributed by atoms with Crippen LogP contribution in [0, 0.1) is 6.92 Å². The van der Waals surface area contributed by atoms with Gasteiger partial charge >= 0.3 is 0 Å². The molecule has 0 bridgehead atoms. The zero-order chi connectivity index (χ0) is 17.5. The molecule has 0 spiro atoms. The number of amides is 1. The van der Waals surface area contributed by atoms with Crippen LogP contribution in [0.3, 0.4) is 0 Å². The maximum Gasteiger partial charge on any atom is 0.257 e. The Labute approximate surface area is 152 Å². The number of nitrogens with zero attached hydrogens (tertiary/aromatic N) is 2. The molecule has 0 atom stereocenters. The summed E-state index contributed by atoms with van der Waals surface area (Å²) in [5, 5.41) is 2.94. The first-order valence-electron chi connectivity index (χ1n) is 8.32. The van der Waals surface area contributed by atoms with E-state index in [0.29, 0.717) is 5.56 Å². The lowest BCUT2D eigenvalue weighted by Crippen LogP contribution is -2.25. The van der Waals surface area contributed by atoms with Gasteiger partial charge in [0.05, 0.1) is 23.1 Å². The fraction of sp³-hybridized carbons (Fsp3) is 0.368. The van der Waals surface area contributed by atoms with Crippen LogP contribution in [-0.2, 0) is 0 Å². The topological polar surface area (TPSA) is 45.2 Å². The van der Waals surface area contributed by atoms with Crippen LogP contribution in [0.15, 0.2) is 41.1 Å². The molecule has 128 valence electrons. The van der Waals surface area contributed by atoms with E-state index in [1.807, 2.05) is 37.4 Å². The molecule has 1 aromatic heterocycles. The summed E-state index contributed by atoms with van der Waals surface area (Å²) in [6, 6.07) is 7.76. The zero-order valence-electron chi connectivity index (χ0n) is 14.5. The molecule has 0 saturated heterocycles. The Balaban J connectivity index is 2.19. The van der Waals surface area contributed by atoms with Gasteiger partial charge in [-0.25, -0.2) is 0 Å². The van der Waals surface area contributed by atoms with E-state index >= 15 is 0 Å². The normalized spacial score (nSPS) is 10.5. The third kappa shape index (κ3) is 4.81. The molecule has 0 aliphatic rings. The lowest BCUT2D eigenvalue weighted by Gasteiger charge is -2.23. The lowest BCUT2D eigenvalue weighted by atomic mass is 10.2. The predicted octanol–water partition coefficient (Wildman–Crippen LogP) is 5.03. The van der Waals surface area contributed by atoms with Crippen molar-refractivity contribution in [3.05, 3.63) is 52.3 Å². The molecule has 1 N–H and O–H groups in total. The smallest absolute Gasteiger partial charge is 0.257 e. The monoisotopic (exact) mass is 389 g/mol. The van der Waals surface area contributed by atoms with E-state index in [9.17, 15) is 4.79 Å². The first-order valence-corrected chi connectivity index (χ1v) is 9.12. The van der Waals surface area contributed by atoms with Gasteiger partial charge in [0.25, 0.3) is 5.91 Å². The summed E-state index contributed by atoms with van der Waals surface area (Å²) in [5.41, 5.74) is 3.46. The Bertz CT molecular complexity index is 697. The SMILES string of the molecule is CCCN(CCC)c1cncc(C(=O)Nc2ccc(C)cc2Br)c1. The highest BCUT2D eigenvalue weighted by Crippen LogP contribution is 2.24. The summed E-state index contributed by atoms with van der Waals surface area (Å²) in [5.74, 6) is -0.151. The van der Waals surface area contributed by atoms with E-state index in [1.165, 1.54) is 0 Å². The highest BCUT2D eigenvalue weighted by atomic mass is 79.9. The number of nitrogens with one attached hydrogen (secondary N) is 1. The first kappa shape index (κ1) is 18.5. The number of aryl methyl sites for hydroxylation is 1. The summed E-state index contributed by atoms with van der Waals surface area (Å²) in [7, 11) is 0. The molecule has 4 nitrogen and oxygen atoms in total. The van der Waals surface area contributed by atoms with E-state index in [-0.39, 0.29) is 5.91 Å². The van der Waals surface area contributed by atoms with E-state index in [4.69, 9.17) is 0 Å². The number of aromatic nitrogens is 1. The summed E-state index contributed by atoms with van der Waals surface area (Å²) >= 11 is 3.49. The van der Waals surface area contributed by atoms with Crippen LogP contribution >= 0.6 is 15.9 Å². The Morgan fingerprint density at radius 3 is 2.50 bits per heavy atom. The third-order valence-corrected chi connectivity index (χ3v) is 4.37. The van der Waals surface area contributed by atoms with Crippen LogP contribution in [0.4, 0.5) is 11.4 Å². The molecule has 0 saturated carbocycles. The van der Waals surface area contributed by atoms with Crippen molar-refractivity contribution >= 4 is 33.2 Å². The Kier molecular flexibility index (Phi) is 6.79. The molecule has 0 radical (unpaired) electrons. The van der Waals surface area contributed by atoms with Gasteiger partial charge in [0.2, 0.25) is 0 Å². The average Bonchev–Trinajstić information content (AvgIpc) is 2.57. The van der Waals surface area contributed by atoms with Gasteiger partial charge in [-0.3, -0.25) is 9.78 Å². The minimum Gasteiger partial charge on any atom is -0.370 e. The van der Waals surface area contributed by atoms with Crippen molar-refractivity contribution in [3.63, 3.8) is 0 Å². The van der Waals surface area contributed by atoms with Crippen LogP contribution in [0.5, 0.6) is 0 Å². The number of anilines is 2. The second kappa shape index (κ2) is 8.83. The molecule has 24 heavy (non-hydrogen) atoms. The van der Waals surface area contributed by atoms with Gasteiger partial charge in [-0.15, -0.1) is 0 Å². The molecule has 1 amide bonds. The van der Waals surface area contributed by atoms with Crippen molar-refractivity contribution < 1.29 is 4.79 Å². The molecular weight excluding hydrogens is 366 g/mol. The largest absolute Gasteiger partial charge is 0.370 e. The van der Waals surface area contributed by atoms with Crippen molar-refractivity contribution in [1.29, 1.82) is 0 Å². The van der Waals surface area contributed by atoms with Gasteiger partial charge in [0, 0.05) is 23.8 Å². The van der Waals surface area contributed by atoms with E-state index in [2.05, 4.69) is 45.0 Å². The van der Waals surface area contributed by atoms with Crippen LogP contribution in [-0.4, -0.2) is 24.0 Å². The van der Waals surface area contributed by atoms with E-state index < -0.39 is 0 Å². The van der Waals surface area contributed by atoms with Gasteiger partial charge in [-0.05, 0) is 59.5 Å². The number of carbonyl (C=O) groups excluding carboxylic acids is 1. The molecule has 0 fully saturated rings. The number of hydrogen-bond donors (Lipinski definition) is 1. The number of benzene rings is 1. The predicted molar refractivity (Wildman–Crippen MR) is 104 cm³/mol. The molecular formula is C19H24BrN3O. The van der Waals surface area contributed by atoms with E-state index in [0.717, 1.165) is 47.3 Å². The highest BCUT2D eigenvalue weighted by molar-refractivity contribution is 9.10. The third-order valence-electron chi connectivity index (χ3n) is 3.71. The standard InChI is InChI=1S/C19H24BrN3O/c1-4-8-23(9-5-2)16-11-15(12-21-13-16)19(24)22-18-7-6-14(3)10-17(18)20/h6-7,10-13H,4-5,8-9H2,1-3H3,(H,22,24). The second-order valence-corrected chi connectivity index (χ2v) is 6.71. The van der Waals surface area contributed by atoms with Gasteiger partial charge in [-0.2, -0.15) is 0 Å². The fourth-order valence-electron chi connectivity index (χ4n) is 2.55. The molecule has 1 aromatic carbocycles. The van der Waals surface area contributed by atoms with Crippen molar-refractivity contribution in [2.45, 2.75) is 33.6 Å². The maximum absolute atomic E-state index is 12.6. The summed E-state index contributed by atoms with van der Waals surface area (Å²) in [6.45, 7) is 8.25. The van der Waals surface area contributed by atoms with Gasteiger partial charge in [0.1, 0.15) is 0 Å². The molecule has 5 heteroatoms.